The number of ether oxygens (including phenoxy) is 1. The van der Waals surface area contributed by atoms with Crippen LogP contribution in [0.3, 0.4) is 0 Å². The Labute approximate surface area is 66.7 Å². The van der Waals surface area contributed by atoms with Gasteiger partial charge in [0.2, 0.25) is 6.29 Å². The quantitative estimate of drug-likeness (QED) is 0.445. The Balaban J connectivity index is 3.98. The van der Waals surface area contributed by atoms with Crippen molar-refractivity contribution in [1.82, 2.24) is 0 Å². The predicted octanol–water partition coefficient (Wildman–Crippen LogP) is 1.07. The largest absolute Gasteiger partial charge is 0.459 e. The molecule has 0 N–H and O–H groups in total. The molecule has 0 rings (SSSR count). The maximum atomic E-state index is 10.9. The average molecular weight is 157 g/mol. The van der Waals surface area contributed by atoms with E-state index in [1.807, 2.05) is 0 Å². The normalized spacial score (nSPS) is 13.8. The van der Waals surface area contributed by atoms with Crippen LogP contribution in [0.5, 0.6) is 0 Å². The Hall–Kier alpha value is -0.860. The lowest BCUT2D eigenvalue weighted by Gasteiger charge is -2.20. The minimum atomic E-state index is -0.783. The number of esters is 1. The number of carbonyl (C=O) groups is 1. The minimum Gasteiger partial charge on any atom is -0.459 e. The van der Waals surface area contributed by atoms with Gasteiger partial charge in [-0.1, -0.05) is 0 Å². The summed E-state index contributed by atoms with van der Waals surface area (Å²) in [6, 6.07) is 0. The number of hydrogen-bond donors (Lipinski definition) is 0. The van der Waals surface area contributed by atoms with Crippen LogP contribution in [0.4, 0.5) is 0 Å². The Bertz CT molecular complexity index is 155. The van der Waals surface area contributed by atoms with Gasteiger partial charge in [0.25, 0.3) is 0 Å². The third kappa shape index (κ3) is 4.53. The summed E-state index contributed by atoms with van der Waals surface area (Å²) in [5.74, 6) is -1.30. The molecule has 0 bridgehead atoms. The maximum Gasteiger partial charge on any atom is 0.317 e. The van der Waals surface area contributed by atoms with Gasteiger partial charge in [-0.3, -0.25) is 9.59 Å². The molecule has 0 aliphatic heterocycles. The van der Waals surface area contributed by atoms with E-state index in [1.54, 1.807) is 27.1 Å². The Morgan fingerprint density at radius 2 is 1.91 bits per heavy atom. The van der Waals surface area contributed by atoms with E-state index in [2.05, 4.69) is 0 Å². The zero-order chi connectivity index (χ0) is 9.07. The molecule has 0 aliphatic rings. The molecule has 0 aromatic carbocycles. The summed E-state index contributed by atoms with van der Waals surface area (Å²) in [6.45, 7) is 6.72. The summed E-state index contributed by atoms with van der Waals surface area (Å²) >= 11 is 0. The van der Waals surface area contributed by atoms with E-state index in [0.717, 1.165) is 0 Å². The topological polar surface area (TPSA) is 43.4 Å². The molecule has 1 unspecified atom stereocenters. The fraction of sp³-hybridized carbons (Fsp3) is 0.750. The summed E-state index contributed by atoms with van der Waals surface area (Å²) in [6.07, 6.45) is 1.56. The van der Waals surface area contributed by atoms with Gasteiger partial charge in [0.05, 0.1) is 0 Å². The number of carbonyl (C=O) groups excluding carboxylic acids is 2. The van der Waals surface area contributed by atoms with Gasteiger partial charge in [0, 0.05) is 0 Å². The monoisotopic (exact) mass is 157 g/mol. The van der Waals surface area contributed by atoms with Gasteiger partial charge >= 0.3 is 5.97 Å². The van der Waals surface area contributed by atoms with Crippen LogP contribution in [0.2, 0.25) is 0 Å². The van der Waals surface area contributed by atoms with Gasteiger partial charge in [-0.25, -0.2) is 0 Å². The van der Waals surface area contributed by atoms with Gasteiger partial charge in [-0.05, 0) is 27.7 Å². The molecule has 0 aromatic rings. The van der Waals surface area contributed by atoms with Crippen molar-refractivity contribution in [2.75, 3.05) is 0 Å². The first-order valence-electron chi connectivity index (χ1n) is 3.47. The second-order valence-corrected chi connectivity index (χ2v) is 3.37. The van der Waals surface area contributed by atoms with Gasteiger partial charge in [0.15, 0.2) is 0 Å². The third-order valence-electron chi connectivity index (χ3n) is 0.937. The van der Waals surface area contributed by atoms with Crippen LogP contribution in [0.1, 0.15) is 27.7 Å². The molecule has 0 amide bonds. The van der Waals surface area contributed by atoms with E-state index in [-0.39, 0.29) is 0 Å². The molecule has 3 heteroatoms. The average Bonchev–Trinajstić information content (AvgIpc) is 1.82. The molecular formula is C8H13O3. The summed E-state index contributed by atoms with van der Waals surface area (Å²) in [4.78, 5) is 20.9. The molecule has 0 heterocycles. The van der Waals surface area contributed by atoms with E-state index in [1.165, 1.54) is 6.92 Å². The van der Waals surface area contributed by atoms with Crippen molar-refractivity contribution in [2.24, 2.45) is 5.92 Å². The molecule has 0 aromatic heterocycles. The molecule has 0 saturated heterocycles. The van der Waals surface area contributed by atoms with Gasteiger partial charge in [-0.2, -0.15) is 0 Å². The number of hydrogen-bond acceptors (Lipinski definition) is 3. The molecule has 1 atom stereocenters. The molecule has 0 fully saturated rings. The van der Waals surface area contributed by atoms with E-state index >= 15 is 0 Å². The highest BCUT2D eigenvalue weighted by molar-refractivity contribution is 5.87. The van der Waals surface area contributed by atoms with Crippen LogP contribution in [-0.2, 0) is 14.3 Å². The van der Waals surface area contributed by atoms with Crippen LogP contribution >= 0.6 is 0 Å². The van der Waals surface area contributed by atoms with Gasteiger partial charge in [-0.15, -0.1) is 0 Å². The lowest BCUT2D eigenvalue weighted by Crippen LogP contribution is -2.28. The van der Waals surface area contributed by atoms with Crippen molar-refractivity contribution < 1.29 is 14.3 Å². The first-order chi connectivity index (χ1) is 4.87. The van der Waals surface area contributed by atoms with Crippen LogP contribution in [-0.4, -0.2) is 17.9 Å². The van der Waals surface area contributed by atoms with Crippen LogP contribution < -0.4 is 0 Å². The first-order valence-corrected chi connectivity index (χ1v) is 3.47. The van der Waals surface area contributed by atoms with E-state index in [0.29, 0.717) is 0 Å². The SMILES string of the molecule is CC([C]=O)C(=O)OC(C)(C)C. The van der Waals surface area contributed by atoms with Crippen LogP contribution in [0.25, 0.3) is 0 Å². The first kappa shape index (κ1) is 10.1. The Kier molecular flexibility index (Phi) is 3.23. The summed E-state index contributed by atoms with van der Waals surface area (Å²) in [5.41, 5.74) is -0.526. The fourth-order valence-corrected chi connectivity index (χ4v) is 0.438. The van der Waals surface area contributed by atoms with Crippen LogP contribution in [0.15, 0.2) is 0 Å². The van der Waals surface area contributed by atoms with E-state index in [4.69, 9.17) is 4.74 Å². The Morgan fingerprint density at radius 1 is 1.45 bits per heavy atom. The molecular weight excluding hydrogens is 144 g/mol. The minimum absolute atomic E-state index is 0.521. The maximum absolute atomic E-state index is 10.9. The van der Waals surface area contributed by atoms with Crippen molar-refractivity contribution in [1.29, 1.82) is 0 Å². The second kappa shape index (κ2) is 3.51. The highest BCUT2D eigenvalue weighted by Crippen LogP contribution is 2.09. The lowest BCUT2D eigenvalue weighted by molar-refractivity contribution is -0.156. The summed E-state index contributed by atoms with van der Waals surface area (Å²) in [7, 11) is 0. The second-order valence-electron chi connectivity index (χ2n) is 3.37. The zero-order valence-electron chi connectivity index (χ0n) is 7.30. The van der Waals surface area contributed by atoms with E-state index < -0.39 is 17.5 Å². The van der Waals surface area contributed by atoms with Crippen molar-refractivity contribution in [3.05, 3.63) is 0 Å². The van der Waals surface area contributed by atoms with Crippen molar-refractivity contribution in [3.63, 3.8) is 0 Å². The summed E-state index contributed by atoms with van der Waals surface area (Å²) in [5, 5.41) is 0. The summed E-state index contributed by atoms with van der Waals surface area (Å²) < 4.78 is 4.89. The molecule has 0 saturated carbocycles. The number of rotatable bonds is 2. The molecule has 0 spiro atoms. The predicted molar refractivity (Wildman–Crippen MR) is 40.7 cm³/mol. The zero-order valence-corrected chi connectivity index (χ0v) is 7.30. The van der Waals surface area contributed by atoms with Crippen molar-refractivity contribution in [3.8, 4) is 0 Å². The molecule has 11 heavy (non-hydrogen) atoms. The van der Waals surface area contributed by atoms with Crippen LogP contribution in [0, 0.1) is 5.92 Å². The van der Waals surface area contributed by atoms with E-state index in [9.17, 15) is 9.59 Å². The molecule has 3 nitrogen and oxygen atoms in total. The van der Waals surface area contributed by atoms with Gasteiger partial charge in [0.1, 0.15) is 11.5 Å². The highest BCUT2D eigenvalue weighted by Gasteiger charge is 2.21. The lowest BCUT2D eigenvalue weighted by atomic mass is 10.1. The molecule has 63 valence electrons. The van der Waals surface area contributed by atoms with Crippen molar-refractivity contribution in [2.45, 2.75) is 33.3 Å². The Morgan fingerprint density at radius 3 is 2.18 bits per heavy atom. The third-order valence-corrected chi connectivity index (χ3v) is 0.937. The fourth-order valence-electron chi connectivity index (χ4n) is 0.438. The standard InChI is InChI=1S/C8H13O3/c1-6(5-9)7(10)11-8(2,3)4/h6H,1-4H3. The van der Waals surface area contributed by atoms with Crippen molar-refractivity contribution >= 4 is 12.3 Å². The smallest absolute Gasteiger partial charge is 0.317 e. The highest BCUT2D eigenvalue weighted by atomic mass is 16.6. The van der Waals surface area contributed by atoms with Gasteiger partial charge < -0.3 is 4.74 Å². The molecule has 0 aliphatic carbocycles. The molecule has 1 radical (unpaired) electrons.